The molecule has 1 aliphatic heterocycles. The second-order valence-electron chi connectivity index (χ2n) is 4.69. The number of carbonyl (C=O) groups is 1. The van der Waals surface area contributed by atoms with E-state index in [4.69, 9.17) is 5.11 Å². The lowest BCUT2D eigenvalue weighted by Gasteiger charge is -2.32. The molecular formula is C13H14F3NO2. The van der Waals surface area contributed by atoms with Crippen molar-refractivity contribution in [3.8, 4) is 0 Å². The molecule has 0 aromatic heterocycles. The number of benzene rings is 1. The summed E-state index contributed by atoms with van der Waals surface area (Å²) in [5.41, 5.74) is 0.240. The molecule has 1 aliphatic rings. The second kappa shape index (κ2) is 5.61. The van der Waals surface area contributed by atoms with Gasteiger partial charge >= 0.3 is 5.97 Å². The number of carboxylic acids is 1. The van der Waals surface area contributed by atoms with E-state index in [0.29, 0.717) is 13.0 Å². The molecule has 1 fully saturated rings. The zero-order valence-electron chi connectivity index (χ0n) is 10.2. The van der Waals surface area contributed by atoms with Crippen molar-refractivity contribution in [1.29, 1.82) is 0 Å². The summed E-state index contributed by atoms with van der Waals surface area (Å²) in [4.78, 5) is 12.7. The molecule has 104 valence electrons. The molecule has 0 radical (unpaired) electrons. The first-order valence-electron chi connectivity index (χ1n) is 6.09. The normalized spacial score (nSPS) is 20.5. The van der Waals surface area contributed by atoms with E-state index in [2.05, 4.69) is 0 Å². The van der Waals surface area contributed by atoms with Crippen LogP contribution in [-0.4, -0.2) is 28.6 Å². The lowest BCUT2D eigenvalue weighted by molar-refractivity contribution is -0.144. The van der Waals surface area contributed by atoms with Gasteiger partial charge in [-0.05, 0) is 37.1 Å². The van der Waals surface area contributed by atoms with Crippen LogP contribution in [0.15, 0.2) is 12.1 Å². The fourth-order valence-corrected chi connectivity index (χ4v) is 2.39. The molecule has 0 amide bonds. The number of carboxylic acid groups (broad SMARTS) is 1. The van der Waals surface area contributed by atoms with E-state index in [9.17, 15) is 18.0 Å². The van der Waals surface area contributed by atoms with Gasteiger partial charge in [0.2, 0.25) is 0 Å². The van der Waals surface area contributed by atoms with Gasteiger partial charge in [0.15, 0.2) is 17.5 Å². The Hall–Kier alpha value is -1.56. The summed E-state index contributed by atoms with van der Waals surface area (Å²) in [6.45, 7) is 0.655. The molecule has 2 rings (SSSR count). The highest BCUT2D eigenvalue weighted by molar-refractivity contribution is 5.73. The van der Waals surface area contributed by atoms with E-state index < -0.39 is 29.5 Å². The molecule has 1 saturated heterocycles. The number of nitrogens with zero attached hydrogens (tertiary/aromatic N) is 1. The molecule has 1 aromatic carbocycles. The fraction of sp³-hybridized carbons (Fsp3) is 0.462. The minimum absolute atomic E-state index is 0.102. The van der Waals surface area contributed by atoms with Gasteiger partial charge in [-0.25, -0.2) is 13.2 Å². The van der Waals surface area contributed by atoms with Crippen molar-refractivity contribution in [1.82, 2.24) is 4.90 Å². The lowest BCUT2D eigenvalue weighted by atomic mass is 10.0. The number of hydrogen-bond acceptors (Lipinski definition) is 2. The van der Waals surface area contributed by atoms with Crippen molar-refractivity contribution in [3.05, 3.63) is 35.1 Å². The summed E-state index contributed by atoms with van der Waals surface area (Å²) >= 11 is 0. The van der Waals surface area contributed by atoms with Crippen LogP contribution in [0.4, 0.5) is 13.2 Å². The highest BCUT2D eigenvalue weighted by Crippen LogP contribution is 2.21. The van der Waals surface area contributed by atoms with Gasteiger partial charge in [-0.1, -0.05) is 6.42 Å². The third-order valence-corrected chi connectivity index (χ3v) is 3.33. The van der Waals surface area contributed by atoms with Crippen molar-refractivity contribution in [2.24, 2.45) is 0 Å². The van der Waals surface area contributed by atoms with E-state index in [1.54, 1.807) is 4.90 Å². The van der Waals surface area contributed by atoms with Crippen LogP contribution < -0.4 is 0 Å². The van der Waals surface area contributed by atoms with E-state index in [1.807, 2.05) is 0 Å². The van der Waals surface area contributed by atoms with Crippen LogP contribution in [0.5, 0.6) is 0 Å². The van der Waals surface area contributed by atoms with E-state index in [0.717, 1.165) is 25.0 Å². The zero-order valence-corrected chi connectivity index (χ0v) is 10.2. The molecule has 1 N–H and O–H groups in total. The van der Waals surface area contributed by atoms with Gasteiger partial charge in [-0.2, -0.15) is 0 Å². The Morgan fingerprint density at radius 3 is 2.47 bits per heavy atom. The smallest absolute Gasteiger partial charge is 0.320 e. The highest BCUT2D eigenvalue weighted by Gasteiger charge is 2.28. The van der Waals surface area contributed by atoms with Crippen molar-refractivity contribution >= 4 is 5.97 Å². The molecule has 0 spiro atoms. The van der Waals surface area contributed by atoms with E-state index >= 15 is 0 Å². The van der Waals surface area contributed by atoms with Crippen molar-refractivity contribution in [2.45, 2.75) is 31.8 Å². The Balaban J connectivity index is 2.17. The maximum Gasteiger partial charge on any atom is 0.320 e. The lowest BCUT2D eigenvalue weighted by Crippen LogP contribution is -2.44. The predicted octanol–water partition coefficient (Wildman–Crippen LogP) is 2.54. The van der Waals surface area contributed by atoms with Crippen molar-refractivity contribution in [2.75, 3.05) is 6.54 Å². The summed E-state index contributed by atoms with van der Waals surface area (Å²) in [6, 6.07) is 1.17. The first-order chi connectivity index (χ1) is 8.99. The van der Waals surface area contributed by atoms with Gasteiger partial charge in [0, 0.05) is 6.54 Å². The quantitative estimate of drug-likeness (QED) is 0.860. The summed E-state index contributed by atoms with van der Waals surface area (Å²) in [5.74, 6) is -4.95. The van der Waals surface area contributed by atoms with Crippen LogP contribution in [-0.2, 0) is 11.3 Å². The van der Waals surface area contributed by atoms with Crippen molar-refractivity contribution < 1.29 is 23.1 Å². The number of piperidine rings is 1. The average molecular weight is 273 g/mol. The van der Waals surface area contributed by atoms with Crippen LogP contribution >= 0.6 is 0 Å². The Morgan fingerprint density at radius 2 is 1.89 bits per heavy atom. The molecule has 6 heteroatoms. The number of rotatable bonds is 3. The minimum Gasteiger partial charge on any atom is -0.480 e. The Kier molecular flexibility index (Phi) is 4.09. The van der Waals surface area contributed by atoms with Crippen LogP contribution in [0.25, 0.3) is 0 Å². The summed E-state index contributed by atoms with van der Waals surface area (Å²) in [7, 11) is 0. The predicted molar refractivity (Wildman–Crippen MR) is 62.0 cm³/mol. The Labute approximate surface area is 108 Å². The number of hydrogen-bond donors (Lipinski definition) is 1. The van der Waals surface area contributed by atoms with Crippen molar-refractivity contribution in [3.63, 3.8) is 0 Å². The zero-order chi connectivity index (χ0) is 14.0. The average Bonchev–Trinajstić information content (AvgIpc) is 2.36. The van der Waals surface area contributed by atoms with Crippen LogP contribution in [0.2, 0.25) is 0 Å². The molecule has 0 bridgehead atoms. The molecule has 0 saturated carbocycles. The molecule has 1 heterocycles. The van der Waals surface area contributed by atoms with Crippen LogP contribution in [0.1, 0.15) is 24.8 Å². The first kappa shape index (κ1) is 13.9. The minimum atomic E-state index is -1.50. The SMILES string of the molecule is O=C(O)C1CCCCN1Cc1cc(F)c(F)c(F)c1. The largest absolute Gasteiger partial charge is 0.480 e. The summed E-state index contributed by atoms with van der Waals surface area (Å²) in [5, 5.41) is 9.09. The second-order valence-corrected chi connectivity index (χ2v) is 4.69. The molecular weight excluding hydrogens is 259 g/mol. The highest BCUT2D eigenvalue weighted by atomic mass is 19.2. The van der Waals surface area contributed by atoms with Gasteiger partial charge in [0.05, 0.1) is 0 Å². The van der Waals surface area contributed by atoms with Gasteiger partial charge < -0.3 is 5.11 Å². The number of aliphatic carboxylic acids is 1. The van der Waals surface area contributed by atoms with Gasteiger partial charge in [0.25, 0.3) is 0 Å². The third-order valence-electron chi connectivity index (χ3n) is 3.33. The van der Waals surface area contributed by atoms with E-state index in [1.165, 1.54) is 0 Å². The molecule has 19 heavy (non-hydrogen) atoms. The maximum absolute atomic E-state index is 13.1. The molecule has 1 unspecified atom stereocenters. The Morgan fingerprint density at radius 1 is 1.26 bits per heavy atom. The number of likely N-dealkylation sites (tertiary alicyclic amines) is 1. The van der Waals surface area contributed by atoms with Gasteiger partial charge in [-0.15, -0.1) is 0 Å². The topological polar surface area (TPSA) is 40.5 Å². The van der Waals surface area contributed by atoms with E-state index in [-0.39, 0.29) is 12.1 Å². The molecule has 0 aliphatic carbocycles. The fourth-order valence-electron chi connectivity index (χ4n) is 2.39. The molecule has 1 atom stereocenters. The van der Waals surface area contributed by atoms with Gasteiger partial charge in [0.1, 0.15) is 6.04 Å². The third kappa shape index (κ3) is 3.07. The summed E-state index contributed by atoms with van der Waals surface area (Å²) in [6.07, 6.45) is 2.18. The standard InChI is InChI=1S/C13H14F3NO2/c14-9-5-8(6-10(15)12(9)16)7-17-4-2-1-3-11(17)13(18)19/h5-6,11H,1-4,7H2,(H,18,19). The van der Waals surface area contributed by atoms with Gasteiger partial charge in [-0.3, -0.25) is 9.69 Å². The first-order valence-corrected chi connectivity index (χ1v) is 6.09. The van der Waals surface area contributed by atoms with Crippen LogP contribution in [0, 0.1) is 17.5 Å². The summed E-state index contributed by atoms with van der Waals surface area (Å²) < 4.78 is 39.0. The Bertz CT molecular complexity index is 470. The molecule has 1 aromatic rings. The number of halogens is 3. The van der Waals surface area contributed by atoms with Crippen LogP contribution in [0.3, 0.4) is 0 Å². The molecule has 3 nitrogen and oxygen atoms in total. The maximum atomic E-state index is 13.1. The monoisotopic (exact) mass is 273 g/mol.